The maximum atomic E-state index is 12.2. The van der Waals surface area contributed by atoms with E-state index in [1.165, 1.54) is 64.2 Å². The number of hydrogen-bond donors (Lipinski definition) is 0. The van der Waals surface area contributed by atoms with Crippen LogP contribution in [0.2, 0.25) is 0 Å². The highest BCUT2D eigenvalue weighted by Gasteiger charge is 2.21. The second kappa shape index (κ2) is 22.8. The predicted molar refractivity (Wildman–Crippen MR) is 148 cm³/mol. The predicted octanol–water partition coefficient (Wildman–Crippen LogP) is 5.93. The minimum atomic E-state index is -4.57. The fourth-order valence-corrected chi connectivity index (χ4v) is 4.48. The highest BCUT2D eigenvalue weighted by molar-refractivity contribution is 7.45. The van der Waals surface area contributed by atoms with E-state index < -0.39 is 32.5 Å². The van der Waals surface area contributed by atoms with E-state index in [4.69, 9.17) is 18.5 Å². The van der Waals surface area contributed by atoms with Crippen LogP contribution in [-0.2, 0) is 32.7 Å². The van der Waals surface area contributed by atoms with Crippen LogP contribution in [-0.4, -0.2) is 70.0 Å². The minimum Gasteiger partial charge on any atom is -0.756 e. The van der Waals surface area contributed by atoms with Crippen LogP contribution in [0.15, 0.2) is 0 Å². The van der Waals surface area contributed by atoms with Crippen molar-refractivity contribution in [3.63, 3.8) is 0 Å². The molecule has 38 heavy (non-hydrogen) atoms. The first kappa shape index (κ1) is 37.0. The highest BCUT2D eigenvalue weighted by Crippen LogP contribution is 2.38. The van der Waals surface area contributed by atoms with Crippen molar-refractivity contribution in [2.45, 2.75) is 123 Å². The smallest absolute Gasteiger partial charge is 0.306 e. The zero-order valence-electron chi connectivity index (χ0n) is 24.9. The van der Waals surface area contributed by atoms with E-state index in [0.717, 1.165) is 19.3 Å². The fourth-order valence-electron chi connectivity index (χ4n) is 3.75. The van der Waals surface area contributed by atoms with Gasteiger partial charge < -0.3 is 27.9 Å². The summed E-state index contributed by atoms with van der Waals surface area (Å²) in [4.78, 5) is 36.1. The van der Waals surface area contributed by atoms with Crippen LogP contribution in [0.5, 0.6) is 0 Å². The van der Waals surface area contributed by atoms with E-state index in [1.54, 1.807) is 0 Å². The number of phosphoric acid groups is 1. The van der Waals surface area contributed by atoms with Crippen molar-refractivity contribution >= 4 is 19.8 Å². The van der Waals surface area contributed by atoms with E-state index in [-0.39, 0.29) is 26.1 Å². The van der Waals surface area contributed by atoms with Crippen LogP contribution in [0, 0.1) is 0 Å². The molecule has 0 rings (SSSR count). The summed E-state index contributed by atoms with van der Waals surface area (Å²) in [5.74, 6) is -0.894. The van der Waals surface area contributed by atoms with Gasteiger partial charge in [-0.15, -0.1) is 0 Å². The standard InChI is InChI=1S/C28H56NO8P/c1-6-8-9-10-11-12-13-14-15-16-17-18-19-21-27(30)34-24-26(37-28(31)20-7-2)25-36-38(32,33)35-23-22-29(3,4)5/h26H,6-25H2,1-5H3/t26-/m0/s1. The van der Waals surface area contributed by atoms with Gasteiger partial charge in [0, 0.05) is 12.8 Å². The molecule has 0 aliphatic rings. The van der Waals surface area contributed by atoms with Crippen molar-refractivity contribution in [3.8, 4) is 0 Å². The maximum Gasteiger partial charge on any atom is 0.306 e. The Balaban J connectivity index is 4.14. The van der Waals surface area contributed by atoms with Gasteiger partial charge in [-0.3, -0.25) is 14.2 Å². The molecule has 0 spiro atoms. The molecule has 0 fully saturated rings. The first-order valence-electron chi connectivity index (χ1n) is 14.7. The van der Waals surface area contributed by atoms with Gasteiger partial charge in [0.2, 0.25) is 0 Å². The first-order valence-corrected chi connectivity index (χ1v) is 16.2. The third-order valence-electron chi connectivity index (χ3n) is 6.10. The summed E-state index contributed by atoms with van der Waals surface area (Å²) in [5, 5.41) is 0. The number of carbonyl (C=O) groups excluding carboxylic acids is 2. The molecule has 0 aromatic heterocycles. The van der Waals surface area contributed by atoms with Gasteiger partial charge in [0.25, 0.3) is 7.82 Å². The van der Waals surface area contributed by atoms with Gasteiger partial charge in [-0.25, -0.2) is 0 Å². The summed E-state index contributed by atoms with van der Waals surface area (Å²) in [5.41, 5.74) is 0. The molecule has 0 aromatic carbocycles. The van der Waals surface area contributed by atoms with Gasteiger partial charge in [-0.2, -0.15) is 0 Å². The Kier molecular flexibility index (Phi) is 22.2. The Labute approximate surface area is 232 Å². The molecule has 0 amide bonds. The minimum absolute atomic E-state index is 0.0291. The Morgan fingerprint density at radius 3 is 1.74 bits per heavy atom. The largest absolute Gasteiger partial charge is 0.756 e. The molecule has 10 heteroatoms. The monoisotopic (exact) mass is 565 g/mol. The lowest BCUT2D eigenvalue weighted by Gasteiger charge is -2.28. The van der Waals surface area contributed by atoms with E-state index >= 15 is 0 Å². The molecule has 2 atom stereocenters. The number of rotatable bonds is 26. The normalized spacial score (nSPS) is 14.2. The van der Waals surface area contributed by atoms with Gasteiger partial charge in [0.15, 0.2) is 6.10 Å². The molecule has 226 valence electrons. The van der Waals surface area contributed by atoms with Gasteiger partial charge >= 0.3 is 11.9 Å². The molecule has 0 aliphatic carbocycles. The maximum absolute atomic E-state index is 12.2. The number of quaternary nitrogens is 1. The second-order valence-corrected chi connectivity index (χ2v) is 12.5. The van der Waals surface area contributed by atoms with Crippen LogP contribution in [0.4, 0.5) is 0 Å². The molecule has 0 saturated heterocycles. The third-order valence-corrected chi connectivity index (χ3v) is 7.06. The van der Waals surface area contributed by atoms with Crippen LogP contribution >= 0.6 is 7.82 Å². The van der Waals surface area contributed by atoms with E-state index in [9.17, 15) is 19.0 Å². The summed E-state index contributed by atoms with van der Waals surface area (Å²) in [6.07, 6.45) is 15.9. The molecule has 0 bridgehead atoms. The number of unbranched alkanes of at least 4 members (excludes halogenated alkanes) is 12. The molecular weight excluding hydrogens is 509 g/mol. The number of esters is 2. The number of carbonyl (C=O) groups is 2. The Morgan fingerprint density at radius 2 is 1.24 bits per heavy atom. The SMILES string of the molecule is CCCCCCCCCCCCCCCC(=O)OC[C@@H](COP(=O)([O-])OCC[N+](C)(C)C)OC(=O)CCC. The van der Waals surface area contributed by atoms with Crippen LogP contribution in [0.25, 0.3) is 0 Å². The summed E-state index contributed by atoms with van der Waals surface area (Å²) in [7, 11) is 1.16. The molecule has 9 nitrogen and oxygen atoms in total. The fraction of sp³-hybridized carbons (Fsp3) is 0.929. The number of phosphoric ester groups is 1. The molecule has 1 unspecified atom stereocenters. The van der Waals surface area contributed by atoms with Crippen LogP contribution in [0.3, 0.4) is 0 Å². The zero-order chi connectivity index (χ0) is 28.7. The van der Waals surface area contributed by atoms with Crippen molar-refractivity contribution in [3.05, 3.63) is 0 Å². The van der Waals surface area contributed by atoms with Crippen molar-refractivity contribution in [2.75, 3.05) is 47.5 Å². The number of hydrogen-bond acceptors (Lipinski definition) is 8. The lowest BCUT2D eigenvalue weighted by atomic mass is 10.0. The highest BCUT2D eigenvalue weighted by atomic mass is 31.2. The van der Waals surface area contributed by atoms with E-state index in [2.05, 4.69) is 6.92 Å². The van der Waals surface area contributed by atoms with Crippen molar-refractivity contribution in [1.29, 1.82) is 0 Å². The first-order chi connectivity index (χ1) is 18.0. The topological polar surface area (TPSA) is 111 Å². The average Bonchev–Trinajstić information content (AvgIpc) is 2.83. The molecule has 0 aromatic rings. The summed E-state index contributed by atoms with van der Waals surface area (Å²) < 4.78 is 32.9. The molecule has 0 radical (unpaired) electrons. The lowest BCUT2D eigenvalue weighted by molar-refractivity contribution is -0.870. The van der Waals surface area contributed by atoms with E-state index in [0.29, 0.717) is 17.4 Å². The summed E-state index contributed by atoms with van der Waals surface area (Å²) in [6, 6.07) is 0. The Hall–Kier alpha value is -0.990. The van der Waals surface area contributed by atoms with Gasteiger partial charge in [-0.05, 0) is 12.8 Å². The van der Waals surface area contributed by atoms with Gasteiger partial charge in [0.05, 0.1) is 27.7 Å². The summed E-state index contributed by atoms with van der Waals surface area (Å²) in [6.45, 7) is 3.79. The average molecular weight is 566 g/mol. The third kappa shape index (κ3) is 25.3. The Morgan fingerprint density at radius 1 is 0.711 bits per heavy atom. The van der Waals surface area contributed by atoms with Gasteiger partial charge in [-0.1, -0.05) is 90.9 Å². The second-order valence-electron chi connectivity index (χ2n) is 11.1. The number of ether oxygens (including phenoxy) is 2. The lowest BCUT2D eigenvalue weighted by Crippen LogP contribution is -2.37. The summed E-state index contributed by atoms with van der Waals surface area (Å²) >= 11 is 0. The quantitative estimate of drug-likeness (QED) is 0.0549. The number of nitrogens with zero attached hydrogens (tertiary/aromatic N) is 1. The molecule has 0 N–H and O–H groups in total. The van der Waals surface area contributed by atoms with Crippen molar-refractivity contribution in [1.82, 2.24) is 0 Å². The molecule has 0 heterocycles. The molecule has 0 aliphatic heterocycles. The van der Waals surface area contributed by atoms with Crippen LogP contribution in [0.1, 0.15) is 117 Å². The van der Waals surface area contributed by atoms with E-state index in [1.807, 2.05) is 28.1 Å². The molecule has 0 saturated carbocycles. The van der Waals surface area contributed by atoms with Crippen LogP contribution < -0.4 is 4.89 Å². The Bertz CT molecular complexity index is 653. The van der Waals surface area contributed by atoms with Gasteiger partial charge in [0.1, 0.15) is 19.8 Å². The zero-order valence-corrected chi connectivity index (χ0v) is 25.8. The molecular formula is C28H56NO8P. The number of likely N-dealkylation sites (N-methyl/N-ethyl adjacent to an activating group) is 1. The van der Waals surface area contributed by atoms with Crippen molar-refractivity contribution < 1.29 is 42.1 Å². The van der Waals surface area contributed by atoms with Crippen molar-refractivity contribution in [2.24, 2.45) is 0 Å².